The molecule has 0 spiro atoms. The van der Waals surface area contributed by atoms with Crippen molar-refractivity contribution in [1.82, 2.24) is 20.4 Å². The third-order valence-corrected chi connectivity index (χ3v) is 2.84. The van der Waals surface area contributed by atoms with E-state index in [1.165, 1.54) is 12.8 Å². The fourth-order valence-corrected chi connectivity index (χ4v) is 1.47. The summed E-state index contributed by atoms with van der Waals surface area (Å²) in [5.74, 6) is 1.29. The van der Waals surface area contributed by atoms with Gasteiger partial charge in [0.15, 0.2) is 0 Å². The van der Waals surface area contributed by atoms with Crippen molar-refractivity contribution in [2.24, 2.45) is 0 Å². The molecule has 0 amide bonds. The molecule has 0 radical (unpaired) electrons. The molecule has 0 bridgehead atoms. The van der Waals surface area contributed by atoms with Crippen molar-refractivity contribution in [3.05, 3.63) is 11.8 Å². The van der Waals surface area contributed by atoms with Crippen molar-refractivity contribution in [2.45, 2.75) is 46.2 Å². The average molecular weight is 240 g/mol. The minimum atomic E-state index is 0.625. The van der Waals surface area contributed by atoms with E-state index in [9.17, 15) is 0 Å². The first-order valence-corrected chi connectivity index (χ1v) is 6.29. The van der Waals surface area contributed by atoms with Crippen LogP contribution in [0.2, 0.25) is 0 Å². The smallest absolute Gasteiger partial charge is 0.230 e. The van der Waals surface area contributed by atoms with E-state index in [1.807, 2.05) is 0 Å². The van der Waals surface area contributed by atoms with E-state index in [0.29, 0.717) is 24.4 Å². The van der Waals surface area contributed by atoms with Crippen LogP contribution in [0.15, 0.2) is 4.42 Å². The van der Waals surface area contributed by atoms with Crippen LogP contribution in [0.3, 0.4) is 0 Å². The van der Waals surface area contributed by atoms with Crippen LogP contribution in [-0.2, 0) is 6.54 Å². The van der Waals surface area contributed by atoms with Crippen LogP contribution >= 0.6 is 0 Å². The second-order valence-electron chi connectivity index (χ2n) is 4.67. The molecule has 1 aromatic rings. The van der Waals surface area contributed by atoms with Crippen molar-refractivity contribution in [1.29, 1.82) is 0 Å². The molecular weight excluding hydrogens is 216 g/mol. The maximum atomic E-state index is 5.27. The highest BCUT2D eigenvalue weighted by Crippen LogP contribution is 1.99. The van der Waals surface area contributed by atoms with E-state index < -0.39 is 0 Å². The van der Waals surface area contributed by atoms with Crippen LogP contribution in [0.25, 0.3) is 0 Å². The van der Waals surface area contributed by atoms with E-state index in [0.717, 1.165) is 13.1 Å². The van der Waals surface area contributed by atoms with Crippen molar-refractivity contribution in [3.8, 4) is 0 Å². The maximum absolute atomic E-state index is 5.27. The fraction of sp³-hybridized carbons (Fsp3) is 0.833. The summed E-state index contributed by atoms with van der Waals surface area (Å²) in [5, 5.41) is 11.0. The van der Waals surface area contributed by atoms with E-state index in [1.54, 1.807) is 6.92 Å². The minimum Gasteiger partial charge on any atom is -0.424 e. The Balaban J connectivity index is 1.98. The summed E-state index contributed by atoms with van der Waals surface area (Å²) in [6.07, 6.45) is 2.38. The Morgan fingerprint density at radius 3 is 2.65 bits per heavy atom. The average Bonchev–Trinajstić information content (AvgIpc) is 2.68. The Hall–Kier alpha value is -0.940. The van der Waals surface area contributed by atoms with Gasteiger partial charge in [0.2, 0.25) is 11.8 Å². The second kappa shape index (κ2) is 7.40. The maximum Gasteiger partial charge on any atom is 0.230 e. The van der Waals surface area contributed by atoms with Gasteiger partial charge in [0.25, 0.3) is 0 Å². The van der Waals surface area contributed by atoms with E-state index >= 15 is 0 Å². The molecular formula is C12H24N4O. The molecule has 1 rings (SSSR count). The molecule has 0 saturated heterocycles. The predicted octanol–water partition coefficient (Wildman–Crippen LogP) is 1.59. The Bertz CT molecular complexity index is 311. The SMILES string of the molecule is Cc1nnc(CNCCCCN(C)C(C)C)o1. The van der Waals surface area contributed by atoms with Crippen LogP contribution in [0.5, 0.6) is 0 Å². The van der Waals surface area contributed by atoms with Gasteiger partial charge in [-0.3, -0.25) is 0 Å². The summed E-state index contributed by atoms with van der Waals surface area (Å²) >= 11 is 0. The zero-order chi connectivity index (χ0) is 12.7. The molecule has 0 aliphatic carbocycles. The summed E-state index contributed by atoms with van der Waals surface area (Å²) in [6, 6.07) is 0.629. The predicted molar refractivity (Wildman–Crippen MR) is 67.7 cm³/mol. The number of nitrogens with one attached hydrogen (secondary N) is 1. The highest BCUT2D eigenvalue weighted by Gasteiger charge is 2.03. The topological polar surface area (TPSA) is 54.2 Å². The first-order valence-electron chi connectivity index (χ1n) is 6.29. The number of unbranched alkanes of at least 4 members (excludes halogenated alkanes) is 1. The summed E-state index contributed by atoms with van der Waals surface area (Å²) in [5.41, 5.74) is 0. The number of hydrogen-bond acceptors (Lipinski definition) is 5. The van der Waals surface area contributed by atoms with Gasteiger partial charge in [0.05, 0.1) is 6.54 Å². The van der Waals surface area contributed by atoms with E-state index in [2.05, 4.69) is 41.3 Å². The monoisotopic (exact) mass is 240 g/mol. The zero-order valence-electron chi connectivity index (χ0n) is 11.4. The molecule has 0 saturated carbocycles. The summed E-state index contributed by atoms with van der Waals surface area (Å²) in [6.45, 7) is 9.05. The van der Waals surface area contributed by atoms with Gasteiger partial charge in [-0.05, 0) is 46.8 Å². The van der Waals surface area contributed by atoms with Crippen LogP contribution in [0.1, 0.15) is 38.5 Å². The van der Waals surface area contributed by atoms with Crippen molar-refractivity contribution >= 4 is 0 Å². The zero-order valence-corrected chi connectivity index (χ0v) is 11.4. The van der Waals surface area contributed by atoms with Crippen LogP contribution < -0.4 is 5.32 Å². The first-order chi connectivity index (χ1) is 8.09. The van der Waals surface area contributed by atoms with Gasteiger partial charge in [-0.1, -0.05) is 0 Å². The van der Waals surface area contributed by atoms with Crippen molar-refractivity contribution < 1.29 is 4.42 Å². The molecule has 0 fully saturated rings. The van der Waals surface area contributed by atoms with Gasteiger partial charge in [0, 0.05) is 13.0 Å². The Morgan fingerprint density at radius 1 is 1.29 bits per heavy atom. The van der Waals surface area contributed by atoms with Crippen molar-refractivity contribution in [3.63, 3.8) is 0 Å². The Morgan fingerprint density at radius 2 is 2.06 bits per heavy atom. The molecule has 17 heavy (non-hydrogen) atoms. The highest BCUT2D eigenvalue weighted by molar-refractivity contribution is 4.77. The van der Waals surface area contributed by atoms with Gasteiger partial charge in [-0.2, -0.15) is 0 Å². The molecule has 5 nitrogen and oxygen atoms in total. The van der Waals surface area contributed by atoms with Gasteiger partial charge >= 0.3 is 0 Å². The molecule has 1 heterocycles. The van der Waals surface area contributed by atoms with E-state index in [-0.39, 0.29) is 0 Å². The molecule has 1 N–H and O–H groups in total. The fourth-order valence-electron chi connectivity index (χ4n) is 1.47. The summed E-state index contributed by atoms with van der Waals surface area (Å²) in [4.78, 5) is 2.36. The second-order valence-corrected chi connectivity index (χ2v) is 4.67. The normalized spacial score (nSPS) is 11.6. The minimum absolute atomic E-state index is 0.625. The lowest BCUT2D eigenvalue weighted by Gasteiger charge is -2.20. The summed E-state index contributed by atoms with van der Waals surface area (Å²) < 4.78 is 5.27. The number of rotatable bonds is 8. The van der Waals surface area contributed by atoms with E-state index in [4.69, 9.17) is 4.42 Å². The molecule has 5 heteroatoms. The van der Waals surface area contributed by atoms with Gasteiger partial charge in [-0.25, -0.2) is 0 Å². The third kappa shape index (κ3) is 5.79. The van der Waals surface area contributed by atoms with Gasteiger partial charge in [0.1, 0.15) is 0 Å². The standard InChI is InChI=1S/C12H24N4O/c1-10(2)16(4)8-6-5-7-13-9-12-15-14-11(3)17-12/h10,13H,5-9H2,1-4H3. The number of hydrogen-bond donors (Lipinski definition) is 1. The highest BCUT2D eigenvalue weighted by atomic mass is 16.4. The molecule has 0 aromatic carbocycles. The van der Waals surface area contributed by atoms with Gasteiger partial charge in [-0.15, -0.1) is 10.2 Å². The molecule has 0 aliphatic rings. The van der Waals surface area contributed by atoms with Crippen LogP contribution in [-0.4, -0.2) is 41.3 Å². The summed E-state index contributed by atoms with van der Waals surface area (Å²) in [7, 11) is 2.17. The molecule has 0 atom stereocenters. The number of aryl methyl sites for hydroxylation is 1. The number of nitrogens with zero attached hydrogens (tertiary/aromatic N) is 3. The molecule has 1 aromatic heterocycles. The quantitative estimate of drug-likeness (QED) is 0.699. The lowest BCUT2D eigenvalue weighted by Crippen LogP contribution is -2.27. The lowest BCUT2D eigenvalue weighted by atomic mass is 10.2. The van der Waals surface area contributed by atoms with Gasteiger partial charge < -0.3 is 14.6 Å². The Labute approximate surface area is 104 Å². The van der Waals surface area contributed by atoms with Crippen LogP contribution in [0, 0.1) is 6.92 Å². The Kier molecular flexibility index (Phi) is 6.15. The first kappa shape index (κ1) is 14.1. The van der Waals surface area contributed by atoms with Crippen molar-refractivity contribution in [2.75, 3.05) is 20.1 Å². The largest absolute Gasteiger partial charge is 0.424 e. The third-order valence-electron chi connectivity index (χ3n) is 2.84. The van der Waals surface area contributed by atoms with Crippen LogP contribution in [0.4, 0.5) is 0 Å². The number of aromatic nitrogens is 2. The molecule has 0 aliphatic heterocycles. The lowest BCUT2D eigenvalue weighted by molar-refractivity contribution is 0.267. The molecule has 0 unspecified atom stereocenters. The molecule has 98 valence electrons.